The molecule has 0 spiro atoms. The molecule has 0 amide bonds. The summed E-state index contributed by atoms with van der Waals surface area (Å²) in [6.45, 7) is 0. The first kappa shape index (κ1) is 17.3. The van der Waals surface area contributed by atoms with Crippen molar-refractivity contribution in [1.82, 2.24) is 4.90 Å². The SMILES string of the molecule is CN(C)[C@@H]1CCC[C]2[CH][CH][C](P(c3ccccc3)c3ccccc3)[C]21. The molecule has 0 bridgehead atoms. The number of benzene rings is 2. The Bertz CT molecular complexity index is 630. The molecule has 5 radical (unpaired) electrons. The molecule has 1 nitrogen and oxygen atoms in total. The molecule has 2 aliphatic rings. The summed E-state index contributed by atoms with van der Waals surface area (Å²) < 4.78 is 0. The molecular weight excluding hydrogens is 321 g/mol. The molecular formula is C23H25NP. The van der Waals surface area contributed by atoms with Gasteiger partial charge in [-0.3, -0.25) is 0 Å². The molecule has 2 heteroatoms. The average molecular weight is 346 g/mol. The Balaban J connectivity index is 1.74. The van der Waals surface area contributed by atoms with Gasteiger partial charge in [-0.2, -0.15) is 0 Å². The van der Waals surface area contributed by atoms with Crippen molar-refractivity contribution in [3.05, 3.63) is 91.0 Å². The molecule has 0 aromatic heterocycles. The zero-order chi connectivity index (χ0) is 17.2. The van der Waals surface area contributed by atoms with Crippen molar-refractivity contribution in [2.45, 2.75) is 25.3 Å². The van der Waals surface area contributed by atoms with E-state index >= 15 is 0 Å². The standard InChI is InChI=1S/C23H25NP/c1-24(2)21-15-9-10-18-16-17-22(23(18)21)25(19-11-5-3-6-12-19)20-13-7-4-8-14-20/h3-8,11-14,16-17,21H,9-10,15H2,1-2H3/t21-/m1/s1. The van der Waals surface area contributed by atoms with E-state index in [0.29, 0.717) is 6.04 Å². The van der Waals surface area contributed by atoms with Crippen LogP contribution in [-0.4, -0.2) is 25.0 Å². The van der Waals surface area contributed by atoms with Gasteiger partial charge in [-0.1, -0.05) is 67.1 Å². The molecule has 0 N–H and O–H groups in total. The maximum Gasteiger partial charge on any atom is 0.0214 e. The van der Waals surface area contributed by atoms with E-state index in [-0.39, 0.29) is 0 Å². The summed E-state index contributed by atoms with van der Waals surface area (Å²) in [7, 11) is 3.95. The highest BCUT2D eigenvalue weighted by Gasteiger charge is 2.48. The highest BCUT2D eigenvalue weighted by atomic mass is 31.1. The highest BCUT2D eigenvalue weighted by molar-refractivity contribution is 7.76. The van der Waals surface area contributed by atoms with E-state index in [4.69, 9.17) is 0 Å². The highest BCUT2D eigenvalue weighted by Crippen LogP contribution is 2.62. The van der Waals surface area contributed by atoms with Gasteiger partial charge in [0.05, 0.1) is 0 Å². The van der Waals surface area contributed by atoms with Gasteiger partial charge in [0.2, 0.25) is 0 Å². The number of hydrogen-bond acceptors (Lipinski definition) is 1. The van der Waals surface area contributed by atoms with Gasteiger partial charge in [-0.15, -0.1) is 0 Å². The molecule has 25 heavy (non-hydrogen) atoms. The maximum atomic E-state index is 2.41. The van der Waals surface area contributed by atoms with E-state index in [1.807, 2.05) is 0 Å². The summed E-state index contributed by atoms with van der Waals surface area (Å²) in [6, 6.07) is 22.7. The van der Waals surface area contributed by atoms with Crippen LogP contribution in [0.5, 0.6) is 0 Å². The Hall–Kier alpha value is -1.17. The third kappa shape index (κ3) is 3.42. The number of nitrogens with zero attached hydrogens (tertiary/aromatic N) is 1. The van der Waals surface area contributed by atoms with E-state index in [2.05, 4.69) is 92.5 Å². The second-order valence-corrected chi connectivity index (χ2v) is 9.22. The summed E-state index contributed by atoms with van der Waals surface area (Å²) in [5.41, 5.74) is 1.56. The fourth-order valence-electron chi connectivity index (χ4n) is 4.05. The molecule has 2 saturated carbocycles. The average Bonchev–Trinajstić information content (AvgIpc) is 3.08. The third-order valence-corrected chi connectivity index (χ3v) is 7.72. The zero-order valence-corrected chi connectivity index (χ0v) is 15.9. The molecule has 2 aliphatic carbocycles. The van der Waals surface area contributed by atoms with Crippen molar-refractivity contribution in [2.75, 3.05) is 14.1 Å². The van der Waals surface area contributed by atoms with Crippen molar-refractivity contribution < 1.29 is 0 Å². The number of fused-ring (bicyclic) bond motifs is 1. The van der Waals surface area contributed by atoms with E-state index in [1.165, 1.54) is 29.9 Å². The van der Waals surface area contributed by atoms with Crippen LogP contribution in [0.15, 0.2) is 60.7 Å². The summed E-state index contributed by atoms with van der Waals surface area (Å²) in [5, 5.41) is 2.89. The van der Waals surface area contributed by atoms with Gasteiger partial charge in [0.25, 0.3) is 0 Å². The Morgan fingerprint density at radius 3 is 2.00 bits per heavy atom. The minimum atomic E-state index is -0.502. The van der Waals surface area contributed by atoms with E-state index in [9.17, 15) is 0 Å². The Morgan fingerprint density at radius 1 is 0.840 bits per heavy atom. The van der Waals surface area contributed by atoms with Crippen molar-refractivity contribution in [2.24, 2.45) is 0 Å². The first-order chi connectivity index (χ1) is 12.3. The first-order valence-corrected chi connectivity index (χ1v) is 10.4. The molecule has 0 saturated heterocycles. The molecule has 2 fully saturated rings. The van der Waals surface area contributed by atoms with Crippen LogP contribution in [0.2, 0.25) is 0 Å². The van der Waals surface area contributed by atoms with Gasteiger partial charge in [0.1, 0.15) is 0 Å². The van der Waals surface area contributed by atoms with E-state index in [0.717, 1.165) is 0 Å². The van der Waals surface area contributed by atoms with E-state index < -0.39 is 7.92 Å². The third-order valence-electron chi connectivity index (χ3n) is 5.21. The Morgan fingerprint density at radius 2 is 1.44 bits per heavy atom. The lowest BCUT2D eigenvalue weighted by Crippen LogP contribution is -2.40. The number of hydrogen-bond donors (Lipinski definition) is 0. The topological polar surface area (TPSA) is 3.24 Å². The van der Waals surface area contributed by atoms with Crippen LogP contribution in [0.25, 0.3) is 0 Å². The fraction of sp³-hybridized carbons (Fsp3) is 0.261. The van der Waals surface area contributed by atoms with Crippen molar-refractivity contribution >= 4 is 18.5 Å². The monoisotopic (exact) mass is 346 g/mol. The van der Waals surface area contributed by atoms with Crippen LogP contribution in [-0.2, 0) is 0 Å². The minimum absolute atomic E-state index is 0.502. The smallest absolute Gasteiger partial charge is 0.0214 e. The zero-order valence-electron chi connectivity index (χ0n) is 15.0. The Labute approximate surface area is 154 Å². The van der Waals surface area contributed by atoms with Gasteiger partial charge in [0.15, 0.2) is 0 Å². The second kappa shape index (κ2) is 7.60. The first-order valence-electron chi connectivity index (χ1n) is 9.11. The van der Waals surface area contributed by atoms with Crippen LogP contribution in [0.4, 0.5) is 0 Å². The van der Waals surface area contributed by atoms with Crippen LogP contribution >= 0.6 is 7.92 Å². The van der Waals surface area contributed by atoms with E-state index in [1.54, 1.807) is 17.5 Å². The molecule has 0 aliphatic heterocycles. The van der Waals surface area contributed by atoms with Crippen LogP contribution in [0.1, 0.15) is 19.3 Å². The Kier molecular flexibility index (Phi) is 5.25. The molecule has 0 unspecified atom stereocenters. The summed E-state index contributed by atoms with van der Waals surface area (Å²) in [5.74, 6) is 3.18. The lowest BCUT2D eigenvalue weighted by Gasteiger charge is -2.42. The largest absolute Gasteiger partial charge is 0.306 e. The lowest BCUT2D eigenvalue weighted by atomic mass is 9.77. The molecule has 2 aromatic rings. The molecule has 0 heterocycles. The van der Waals surface area contributed by atoms with Crippen LogP contribution in [0.3, 0.4) is 0 Å². The molecule has 4 rings (SSSR count). The quantitative estimate of drug-likeness (QED) is 0.745. The predicted octanol–water partition coefficient (Wildman–Crippen LogP) is 4.34. The van der Waals surface area contributed by atoms with Gasteiger partial charge in [-0.25, -0.2) is 0 Å². The fourth-order valence-corrected chi connectivity index (χ4v) is 6.60. The van der Waals surface area contributed by atoms with Gasteiger partial charge in [0, 0.05) is 17.6 Å². The normalized spacial score (nSPS) is 22.6. The lowest BCUT2D eigenvalue weighted by molar-refractivity contribution is 0.271. The summed E-state index contributed by atoms with van der Waals surface area (Å²) in [4.78, 5) is 2.41. The molecule has 127 valence electrons. The van der Waals surface area contributed by atoms with Gasteiger partial charge >= 0.3 is 0 Å². The van der Waals surface area contributed by atoms with Crippen molar-refractivity contribution in [1.29, 1.82) is 0 Å². The van der Waals surface area contributed by atoms with Crippen LogP contribution in [0, 0.1) is 30.3 Å². The number of rotatable bonds is 4. The predicted molar refractivity (Wildman–Crippen MR) is 109 cm³/mol. The van der Waals surface area contributed by atoms with Gasteiger partial charge < -0.3 is 4.90 Å². The summed E-state index contributed by atoms with van der Waals surface area (Å²) in [6.07, 6.45) is 8.60. The van der Waals surface area contributed by atoms with Gasteiger partial charge in [-0.05, 0) is 64.2 Å². The summed E-state index contributed by atoms with van der Waals surface area (Å²) >= 11 is 0. The van der Waals surface area contributed by atoms with Crippen molar-refractivity contribution in [3.63, 3.8) is 0 Å². The van der Waals surface area contributed by atoms with Crippen molar-refractivity contribution in [3.8, 4) is 0 Å². The second-order valence-electron chi connectivity index (χ2n) is 7.04. The molecule has 1 atom stereocenters. The van der Waals surface area contributed by atoms with Crippen LogP contribution < -0.4 is 10.6 Å². The maximum absolute atomic E-state index is 2.41. The molecule has 2 aromatic carbocycles. The minimum Gasteiger partial charge on any atom is -0.306 e.